The fourth-order valence-electron chi connectivity index (χ4n) is 2.79. The summed E-state index contributed by atoms with van der Waals surface area (Å²) in [6.07, 6.45) is 1.98. The number of hydrogen-bond acceptors (Lipinski definition) is 3. The number of anilines is 1. The number of nitrogens with two attached hydrogens (primary N) is 1. The molecule has 2 aromatic rings. The number of pyridine rings is 1. The molecule has 4 nitrogen and oxygen atoms in total. The zero-order valence-electron chi connectivity index (χ0n) is 11.2. The molecule has 2 N–H and O–H groups in total. The number of benzene rings is 1. The third-order valence-corrected chi connectivity index (χ3v) is 4.01. The lowest BCUT2D eigenvalue weighted by Gasteiger charge is -2.32. The van der Waals surface area contributed by atoms with Gasteiger partial charge in [-0.3, -0.25) is 4.79 Å². The summed E-state index contributed by atoms with van der Waals surface area (Å²) >= 11 is 0. The maximum atomic E-state index is 12.1. The Hall–Kier alpha value is -1.81. The highest BCUT2D eigenvalue weighted by Crippen LogP contribution is 2.26. The van der Waals surface area contributed by atoms with E-state index in [0.717, 1.165) is 42.5 Å². The Morgan fingerprint density at radius 1 is 1.21 bits per heavy atom. The lowest BCUT2D eigenvalue weighted by Crippen LogP contribution is -2.40. The van der Waals surface area contributed by atoms with Gasteiger partial charge in [-0.2, -0.15) is 0 Å². The van der Waals surface area contributed by atoms with E-state index in [4.69, 9.17) is 5.73 Å². The van der Waals surface area contributed by atoms with Gasteiger partial charge in [0.1, 0.15) is 0 Å². The van der Waals surface area contributed by atoms with E-state index in [1.54, 1.807) is 10.6 Å². The van der Waals surface area contributed by atoms with Crippen LogP contribution in [0.3, 0.4) is 0 Å². The van der Waals surface area contributed by atoms with Crippen molar-refractivity contribution in [2.75, 3.05) is 18.0 Å². The van der Waals surface area contributed by atoms with Crippen LogP contribution >= 0.6 is 0 Å². The summed E-state index contributed by atoms with van der Waals surface area (Å²) in [7, 11) is 1.82. The number of aromatic nitrogens is 1. The molecule has 1 fully saturated rings. The van der Waals surface area contributed by atoms with Gasteiger partial charge in [0.05, 0.1) is 11.2 Å². The molecule has 1 aliphatic heterocycles. The zero-order valence-corrected chi connectivity index (χ0v) is 11.2. The first-order valence-electron chi connectivity index (χ1n) is 6.76. The summed E-state index contributed by atoms with van der Waals surface area (Å²) in [6.45, 7) is 1.86. The van der Waals surface area contributed by atoms with E-state index in [9.17, 15) is 4.79 Å². The molecule has 1 saturated heterocycles. The second-order valence-corrected chi connectivity index (χ2v) is 5.27. The first-order chi connectivity index (χ1) is 9.16. The monoisotopic (exact) mass is 257 g/mol. The minimum atomic E-state index is 0.0450. The molecule has 0 radical (unpaired) electrons. The Morgan fingerprint density at radius 2 is 1.89 bits per heavy atom. The minimum Gasteiger partial charge on any atom is -0.371 e. The van der Waals surface area contributed by atoms with Gasteiger partial charge in [-0.25, -0.2) is 0 Å². The van der Waals surface area contributed by atoms with Crippen molar-refractivity contribution in [3.63, 3.8) is 0 Å². The van der Waals surface area contributed by atoms with Crippen LogP contribution < -0.4 is 16.2 Å². The molecule has 0 amide bonds. The smallest absolute Gasteiger partial charge is 0.252 e. The summed E-state index contributed by atoms with van der Waals surface area (Å²) in [5.41, 5.74) is 8.03. The van der Waals surface area contributed by atoms with E-state index < -0.39 is 0 Å². The van der Waals surface area contributed by atoms with Crippen LogP contribution in [0.25, 0.3) is 10.9 Å². The molecular formula is C15H19N3O. The quantitative estimate of drug-likeness (QED) is 0.841. The highest BCUT2D eigenvalue weighted by atomic mass is 16.1. The number of para-hydroxylation sites is 1. The average Bonchev–Trinajstić information content (AvgIpc) is 2.44. The predicted octanol–water partition coefficient (Wildman–Crippen LogP) is 1.47. The van der Waals surface area contributed by atoms with Crippen molar-refractivity contribution >= 4 is 16.6 Å². The fourth-order valence-corrected chi connectivity index (χ4v) is 2.79. The van der Waals surface area contributed by atoms with Crippen molar-refractivity contribution in [2.24, 2.45) is 12.8 Å². The topological polar surface area (TPSA) is 51.3 Å². The van der Waals surface area contributed by atoms with Crippen LogP contribution in [0.15, 0.2) is 35.1 Å². The number of fused-ring (bicyclic) bond motifs is 1. The molecule has 0 unspecified atom stereocenters. The maximum Gasteiger partial charge on any atom is 0.252 e. The van der Waals surface area contributed by atoms with Crippen LogP contribution in [0.2, 0.25) is 0 Å². The van der Waals surface area contributed by atoms with E-state index >= 15 is 0 Å². The van der Waals surface area contributed by atoms with Crippen LogP contribution in [0.5, 0.6) is 0 Å². The van der Waals surface area contributed by atoms with Crippen molar-refractivity contribution in [1.29, 1.82) is 0 Å². The molecule has 0 bridgehead atoms. The number of piperidine rings is 1. The van der Waals surface area contributed by atoms with E-state index in [1.807, 2.05) is 25.2 Å². The van der Waals surface area contributed by atoms with Gasteiger partial charge in [0, 0.05) is 37.6 Å². The van der Waals surface area contributed by atoms with Gasteiger partial charge in [-0.1, -0.05) is 18.2 Å². The zero-order chi connectivity index (χ0) is 13.4. The summed E-state index contributed by atoms with van der Waals surface area (Å²) < 4.78 is 1.70. The minimum absolute atomic E-state index is 0.0450. The normalized spacial score (nSPS) is 17.1. The van der Waals surface area contributed by atoms with E-state index in [-0.39, 0.29) is 5.56 Å². The van der Waals surface area contributed by atoms with Crippen LogP contribution in [0, 0.1) is 0 Å². The van der Waals surface area contributed by atoms with Crippen molar-refractivity contribution < 1.29 is 0 Å². The molecule has 1 aliphatic rings. The maximum absolute atomic E-state index is 12.1. The standard InChI is InChI=1S/C15H19N3O/c1-17-13-5-3-2-4-12(13)14(10-15(17)19)18-8-6-11(16)7-9-18/h2-5,10-11H,6-9,16H2,1H3. The number of nitrogens with zero attached hydrogens (tertiary/aromatic N) is 2. The van der Waals surface area contributed by atoms with Crippen molar-refractivity contribution in [1.82, 2.24) is 4.57 Å². The molecule has 0 aliphatic carbocycles. The summed E-state index contributed by atoms with van der Waals surface area (Å²) in [6, 6.07) is 10.1. The predicted molar refractivity (Wildman–Crippen MR) is 78.6 cm³/mol. The molecule has 3 rings (SSSR count). The second kappa shape index (κ2) is 4.70. The Morgan fingerprint density at radius 3 is 2.63 bits per heavy atom. The SMILES string of the molecule is Cn1c(=O)cc(N2CCC(N)CC2)c2ccccc21. The second-order valence-electron chi connectivity index (χ2n) is 5.27. The Balaban J connectivity index is 2.13. The van der Waals surface area contributed by atoms with Crippen LogP contribution in [-0.4, -0.2) is 23.7 Å². The van der Waals surface area contributed by atoms with Gasteiger partial charge in [-0.05, 0) is 18.9 Å². The molecule has 4 heteroatoms. The average molecular weight is 257 g/mol. The third-order valence-electron chi connectivity index (χ3n) is 4.01. The third kappa shape index (κ3) is 2.12. The number of aryl methyl sites for hydroxylation is 1. The fraction of sp³-hybridized carbons (Fsp3) is 0.400. The Kier molecular flexibility index (Phi) is 3.03. The van der Waals surface area contributed by atoms with Gasteiger partial charge >= 0.3 is 0 Å². The first-order valence-corrected chi connectivity index (χ1v) is 6.76. The van der Waals surface area contributed by atoms with Crippen molar-refractivity contribution in [3.8, 4) is 0 Å². The van der Waals surface area contributed by atoms with Crippen LogP contribution in [0.1, 0.15) is 12.8 Å². The Bertz CT molecular complexity index is 654. The molecule has 0 saturated carbocycles. The van der Waals surface area contributed by atoms with Crippen molar-refractivity contribution in [3.05, 3.63) is 40.7 Å². The number of hydrogen-bond donors (Lipinski definition) is 1. The van der Waals surface area contributed by atoms with Crippen LogP contribution in [0.4, 0.5) is 5.69 Å². The molecule has 1 aromatic heterocycles. The molecular weight excluding hydrogens is 238 g/mol. The van der Waals surface area contributed by atoms with Crippen molar-refractivity contribution in [2.45, 2.75) is 18.9 Å². The van der Waals surface area contributed by atoms with Gasteiger partial charge in [0.2, 0.25) is 0 Å². The lowest BCUT2D eigenvalue weighted by atomic mass is 10.0. The van der Waals surface area contributed by atoms with Gasteiger partial charge < -0.3 is 15.2 Å². The van der Waals surface area contributed by atoms with Gasteiger partial charge in [0.15, 0.2) is 0 Å². The summed E-state index contributed by atoms with van der Waals surface area (Å²) in [4.78, 5) is 14.4. The van der Waals surface area contributed by atoms with E-state index in [0.29, 0.717) is 6.04 Å². The molecule has 19 heavy (non-hydrogen) atoms. The molecule has 1 aromatic carbocycles. The number of rotatable bonds is 1. The van der Waals surface area contributed by atoms with Crippen LogP contribution in [-0.2, 0) is 7.05 Å². The highest BCUT2D eigenvalue weighted by molar-refractivity contribution is 5.91. The molecule has 100 valence electrons. The van der Waals surface area contributed by atoms with Gasteiger partial charge in [0.25, 0.3) is 5.56 Å². The lowest BCUT2D eigenvalue weighted by molar-refractivity contribution is 0.502. The van der Waals surface area contributed by atoms with Gasteiger partial charge in [-0.15, -0.1) is 0 Å². The first kappa shape index (κ1) is 12.2. The molecule has 0 atom stereocenters. The van der Waals surface area contributed by atoms with E-state index in [1.165, 1.54) is 0 Å². The summed E-state index contributed by atoms with van der Waals surface area (Å²) in [5, 5.41) is 1.14. The summed E-state index contributed by atoms with van der Waals surface area (Å²) in [5.74, 6) is 0. The Labute approximate surface area is 112 Å². The van der Waals surface area contributed by atoms with E-state index in [2.05, 4.69) is 11.0 Å². The molecule has 2 heterocycles. The highest BCUT2D eigenvalue weighted by Gasteiger charge is 2.19. The molecule has 0 spiro atoms. The largest absolute Gasteiger partial charge is 0.371 e.